The summed E-state index contributed by atoms with van der Waals surface area (Å²) in [7, 11) is 0. The summed E-state index contributed by atoms with van der Waals surface area (Å²) in [5.74, 6) is -1.48. The third kappa shape index (κ3) is 4.62. The predicted molar refractivity (Wildman–Crippen MR) is 97.5 cm³/mol. The lowest BCUT2D eigenvalue weighted by molar-refractivity contribution is -0.384. The summed E-state index contributed by atoms with van der Waals surface area (Å²) in [6, 6.07) is 7.75. The number of nitrogens with one attached hydrogen (secondary N) is 1. The van der Waals surface area contributed by atoms with Gasteiger partial charge in [-0.05, 0) is 31.2 Å². The van der Waals surface area contributed by atoms with Crippen LogP contribution in [-0.4, -0.2) is 22.9 Å². The summed E-state index contributed by atoms with van der Waals surface area (Å²) in [4.78, 5) is 34.4. The molecule has 136 valence electrons. The molecule has 2 aromatic rings. The highest BCUT2D eigenvalue weighted by molar-refractivity contribution is 6.34. The van der Waals surface area contributed by atoms with Gasteiger partial charge in [-0.15, -0.1) is 0 Å². The molecule has 0 aliphatic heterocycles. The van der Waals surface area contributed by atoms with E-state index in [-0.39, 0.29) is 32.7 Å². The van der Waals surface area contributed by atoms with E-state index in [1.807, 2.05) is 0 Å². The SMILES string of the molecule is C[C@@H](OC(=O)c1ccc(Cl)c(N)c1)C(=O)Nc1cc([N+](=O)[O-])ccc1Cl. The number of amides is 1. The van der Waals surface area contributed by atoms with Crippen LogP contribution in [0.25, 0.3) is 0 Å². The van der Waals surface area contributed by atoms with Crippen molar-refractivity contribution in [2.75, 3.05) is 11.1 Å². The molecule has 0 saturated heterocycles. The number of rotatable bonds is 5. The van der Waals surface area contributed by atoms with Crippen molar-refractivity contribution in [1.29, 1.82) is 0 Å². The molecule has 10 heteroatoms. The topological polar surface area (TPSA) is 125 Å². The van der Waals surface area contributed by atoms with Gasteiger partial charge in [-0.1, -0.05) is 23.2 Å². The van der Waals surface area contributed by atoms with Crippen molar-refractivity contribution >= 4 is 52.1 Å². The number of hydrogen-bond acceptors (Lipinski definition) is 6. The molecule has 0 aromatic heterocycles. The fraction of sp³-hybridized carbons (Fsp3) is 0.125. The van der Waals surface area contributed by atoms with Gasteiger partial charge >= 0.3 is 5.97 Å². The van der Waals surface area contributed by atoms with E-state index in [4.69, 9.17) is 33.7 Å². The molecule has 0 unspecified atom stereocenters. The average molecular weight is 398 g/mol. The first-order valence-corrected chi connectivity index (χ1v) is 7.95. The lowest BCUT2D eigenvalue weighted by atomic mass is 10.2. The van der Waals surface area contributed by atoms with E-state index in [0.717, 1.165) is 6.07 Å². The lowest BCUT2D eigenvalue weighted by Crippen LogP contribution is -2.30. The molecule has 0 heterocycles. The molecule has 0 aliphatic carbocycles. The van der Waals surface area contributed by atoms with Gasteiger partial charge in [-0.3, -0.25) is 14.9 Å². The number of hydrogen-bond donors (Lipinski definition) is 2. The molecule has 8 nitrogen and oxygen atoms in total. The third-order valence-corrected chi connectivity index (χ3v) is 3.98. The Hall–Kier alpha value is -2.84. The van der Waals surface area contributed by atoms with Crippen LogP contribution in [0.2, 0.25) is 10.0 Å². The van der Waals surface area contributed by atoms with Gasteiger partial charge in [0, 0.05) is 12.1 Å². The number of esters is 1. The Balaban J connectivity index is 2.07. The van der Waals surface area contributed by atoms with E-state index in [1.165, 1.54) is 37.3 Å². The molecule has 0 saturated carbocycles. The number of anilines is 2. The highest BCUT2D eigenvalue weighted by Crippen LogP contribution is 2.27. The van der Waals surface area contributed by atoms with Gasteiger partial charge in [-0.2, -0.15) is 0 Å². The van der Waals surface area contributed by atoms with Crippen LogP contribution in [0.3, 0.4) is 0 Å². The Morgan fingerprint density at radius 2 is 1.85 bits per heavy atom. The maximum atomic E-state index is 12.2. The number of nitro groups is 1. The van der Waals surface area contributed by atoms with Gasteiger partial charge < -0.3 is 15.8 Å². The number of nitrogens with two attached hydrogens (primary N) is 1. The standard InChI is InChI=1S/C16H13Cl2N3O5/c1-8(26-16(23)9-2-4-11(17)13(19)6-9)15(22)20-14-7-10(21(24)25)3-5-12(14)18/h2-8H,19H2,1H3,(H,20,22)/t8-/m1/s1. The molecule has 2 rings (SSSR count). The van der Waals surface area contributed by atoms with Crippen molar-refractivity contribution in [2.24, 2.45) is 0 Å². The normalized spacial score (nSPS) is 11.5. The minimum absolute atomic E-state index is 0.0319. The molecule has 0 fully saturated rings. The summed E-state index contributed by atoms with van der Waals surface area (Å²) in [5.41, 5.74) is 5.73. The molecular formula is C16H13Cl2N3O5. The summed E-state index contributed by atoms with van der Waals surface area (Å²) in [6.45, 7) is 1.35. The molecule has 1 amide bonds. The van der Waals surface area contributed by atoms with E-state index in [9.17, 15) is 19.7 Å². The number of benzene rings is 2. The second-order valence-electron chi connectivity index (χ2n) is 5.19. The molecule has 26 heavy (non-hydrogen) atoms. The number of nitro benzene ring substituents is 1. The van der Waals surface area contributed by atoms with Crippen molar-refractivity contribution in [1.82, 2.24) is 0 Å². The molecule has 2 aromatic carbocycles. The first-order chi connectivity index (χ1) is 12.2. The highest BCUT2D eigenvalue weighted by Gasteiger charge is 2.21. The zero-order chi connectivity index (χ0) is 19.4. The van der Waals surface area contributed by atoms with E-state index in [1.54, 1.807) is 0 Å². The lowest BCUT2D eigenvalue weighted by Gasteiger charge is -2.14. The Kier molecular flexibility index (Phi) is 6.01. The number of non-ortho nitro benzene ring substituents is 1. The largest absolute Gasteiger partial charge is 0.449 e. The second kappa shape index (κ2) is 8.03. The van der Waals surface area contributed by atoms with Gasteiger partial charge in [-0.25, -0.2) is 4.79 Å². The molecule has 3 N–H and O–H groups in total. The number of carbonyl (C=O) groups excluding carboxylic acids is 2. The molecule has 1 atom stereocenters. The van der Waals surface area contributed by atoms with Crippen LogP contribution in [0.1, 0.15) is 17.3 Å². The zero-order valence-corrected chi connectivity index (χ0v) is 14.9. The van der Waals surface area contributed by atoms with E-state index in [2.05, 4.69) is 5.32 Å². The monoisotopic (exact) mass is 397 g/mol. The van der Waals surface area contributed by atoms with Crippen LogP contribution in [0.15, 0.2) is 36.4 Å². The summed E-state index contributed by atoms with van der Waals surface area (Å²) in [6.07, 6.45) is -1.19. The Labute approximate surface area is 158 Å². The quantitative estimate of drug-likeness (QED) is 0.343. The summed E-state index contributed by atoms with van der Waals surface area (Å²) < 4.78 is 5.06. The zero-order valence-electron chi connectivity index (χ0n) is 13.4. The number of nitrogen functional groups attached to an aromatic ring is 1. The first-order valence-electron chi connectivity index (χ1n) is 7.20. The van der Waals surface area contributed by atoms with E-state index < -0.39 is 22.9 Å². The van der Waals surface area contributed by atoms with Crippen LogP contribution < -0.4 is 11.1 Å². The Morgan fingerprint density at radius 3 is 2.46 bits per heavy atom. The molecular weight excluding hydrogens is 385 g/mol. The van der Waals surface area contributed by atoms with Crippen LogP contribution in [0, 0.1) is 10.1 Å². The van der Waals surface area contributed by atoms with Crippen molar-refractivity contribution in [3.63, 3.8) is 0 Å². The van der Waals surface area contributed by atoms with Gasteiger partial charge in [0.1, 0.15) is 0 Å². The smallest absolute Gasteiger partial charge is 0.338 e. The molecule has 0 spiro atoms. The van der Waals surface area contributed by atoms with E-state index >= 15 is 0 Å². The maximum Gasteiger partial charge on any atom is 0.338 e. The number of nitrogens with zero attached hydrogens (tertiary/aromatic N) is 1. The second-order valence-corrected chi connectivity index (χ2v) is 6.01. The molecule has 0 bridgehead atoms. The maximum absolute atomic E-state index is 12.2. The highest BCUT2D eigenvalue weighted by atomic mass is 35.5. The minimum Gasteiger partial charge on any atom is -0.449 e. The van der Waals surface area contributed by atoms with Crippen LogP contribution >= 0.6 is 23.2 Å². The number of halogens is 2. The Morgan fingerprint density at radius 1 is 1.19 bits per heavy atom. The van der Waals surface area contributed by atoms with Crippen LogP contribution in [0.5, 0.6) is 0 Å². The fourth-order valence-corrected chi connectivity index (χ4v) is 2.19. The average Bonchev–Trinajstić information content (AvgIpc) is 2.58. The number of ether oxygens (including phenoxy) is 1. The predicted octanol–water partition coefficient (Wildman–Crippen LogP) is 3.67. The van der Waals surface area contributed by atoms with Gasteiger partial charge in [0.15, 0.2) is 6.10 Å². The van der Waals surface area contributed by atoms with Crippen LogP contribution in [-0.2, 0) is 9.53 Å². The summed E-state index contributed by atoms with van der Waals surface area (Å²) >= 11 is 11.7. The Bertz CT molecular complexity index is 888. The fourth-order valence-electron chi connectivity index (χ4n) is 1.91. The molecule has 0 aliphatic rings. The van der Waals surface area contributed by atoms with Crippen molar-refractivity contribution < 1.29 is 19.2 Å². The van der Waals surface area contributed by atoms with Gasteiger partial charge in [0.2, 0.25) is 0 Å². The van der Waals surface area contributed by atoms with Crippen molar-refractivity contribution in [2.45, 2.75) is 13.0 Å². The summed E-state index contributed by atoms with van der Waals surface area (Å²) in [5, 5.41) is 13.6. The number of carbonyl (C=O) groups is 2. The third-order valence-electron chi connectivity index (χ3n) is 3.30. The van der Waals surface area contributed by atoms with Crippen molar-refractivity contribution in [3.05, 3.63) is 62.1 Å². The van der Waals surface area contributed by atoms with E-state index in [0.29, 0.717) is 0 Å². The minimum atomic E-state index is -1.19. The van der Waals surface area contributed by atoms with Gasteiger partial charge in [0.05, 0.1) is 31.9 Å². The molecule has 0 radical (unpaired) electrons. The van der Waals surface area contributed by atoms with Crippen molar-refractivity contribution in [3.8, 4) is 0 Å². The van der Waals surface area contributed by atoms with Gasteiger partial charge in [0.25, 0.3) is 11.6 Å². The van der Waals surface area contributed by atoms with Crippen LogP contribution in [0.4, 0.5) is 17.1 Å². The first kappa shape index (κ1) is 19.5.